The fraction of sp³-hybridized carbons (Fsp3) is 0.471. The Balaban J connectivity index is 2.10. The van der Waals surface area contributed by atoms with Crippen LogP contribution >= 0.6 is 0 Å². The van der Waals surface area contributed by atoms with Crippen LogP contribution in [0, 0.1) is 0 Å². The zero-order valence-electron chi connectivity index (χ0n) is 13.7. The van der Waals surface area contributed by atoms with Crippen molar-refractivity contribution in [1.29, 1.82) is 0 Å². The Bertz CT molecular complexity index is 692. The van der Waals surface area contributed by atoms with Gasteiger partial charge in [-0.15, -0.1) is 0 Å². The summed E-state index contributed by atoms with van der Waals surface area (Å²) in [5.41, 5.74) is 0.865. The van der Waals surface area contributed by atoms with Crippen LogP contribution in [-0.4, -0.2) is 50.4 Å². The van der Waals surface area contributed by atoms with E-state index in [0.717, 1.165) is 24.2 Å². The van der Waals surface area contributed by atoms with E-state index in [1.54, 1.807) is 25.0 Å². The monoisotopic (exact) mass is 337 g/mol. The molecule has 1 aromatic rings. The SMILES string of the molecule is COc1cccc(/C=C/C(=O)N(C2CC2)[C@H](C)CS(C)(=O)=O)c1. The first-order chi connectivity index (χ1) is 10.8. The first kappa shape index (κ1) is 17.5. The molecule has 23 heavy (non-hydrogen) atoms. The fourth-order valence-electron chi connectivity index (χ4n) is 2.63. The fourth-order valence-corrected chi connectivity index (χ4v) is 3.66. The highest BCUT2D eigenvalue weighted by Crippen LogP contribution is 2.29. The van der Waals surface area contributed by atoms with Crippen LogP contribution in [0.1, 0.15) is 25.3 Å². The van der Waals surface area contributed by atoms with Gasteiger partial charge >= 0.3 is 0 Å². The summed E-state index contributed by atoms with van der Waals surface area (Å²) in [5, 5.41) is 0. The number of ether oxygens (including phenoxy) is 1. The number of carbonyl (C=O) groups is 1. The number of amides is 1. The van der Waals surface area contributed by atoms with E-state index in [-0.39, 0.29) is 23.7 Å². The summed E-state index contributed by atoms with van der Waals surface area (Å²) in [6.07, 6.45) is 6.31. The Hall–Kier alpha value is -1.82. The van der Waals surface area contributed by atoms with Gasteiger partial charge in [0.15, 0.2) is 0 Å². The van der Waals surface area contributed by atoms with Gasteiger partial charge in [0.1, 0.15) is 15.6 Å². The molecule has 6 heteroatoms. The second kappa shape index (κ2) is 7.17. The van der Waals surface area contributed by atoms with E-state index in [1.165, 1.54) is 12.3 Å². The zero-order chi connectivity index (χ0) is 17.0. The molecule has 2 rings (SSSR count). The van der Waals surface area contributed by atoms with Gasteiger partial charge < -0.3 is 9.64 Å². The normalized spacial score (nSPS) is 16.3. The molecule has 126 valence electrons. The summed E-state index contributed by atoms with van der Waals surface area (Å²) in [6.45, 7) is 1.79. The maximum Gasteiger partial charge on any atom is 0.247 e. The van der Waals surface area contributed by atoms with Crippen LogP contribution in [0.4, 0.5) is 0 Å². The smallest absolute Gasteiger partial charge is 0.247 e. The number of carbonyl (C=O) groups excluding carboxylic acids is 1. The van der Waals surface area contributed by atoms with Crippen molar-refractivity contribution < 1.29 is 17.9 Å². The van der Waals surface area contributed by atoms with Gasteiger partial charge in [-0.05, 0) is 43.5 Å². The first-order valence-electron chi connectivity index (χ1n) is 7.62. The molecule has 0 spiro atoms. The summed E-state index contributed by atoms with van der Waals surface area (Å²) in [4.78, 5) is 14.2. The maximum absolute atomic E-state index is 12.5. The van der Waals surface area contributed by atoms with E-state index in [2.05, 4.69) is 0 Å². The molecule has 0 heterocycles. The molecule has 5 nitrogen and oxygen atoms in total. The van der Waals surface area contributed by atoms with Gasteiger partial charge in [0.05, 0.1) is 12.9 Å². The van der Waals surface area contributed by atoms with Gasteiger partial charge in [-0.2, -0.15) is 0 Å². The predicted octanol–water partition coefficient (Wildman–Crippen LogP) is 2.13. The summed E-state index contributed by atoms with van der Waals surface area (Å²) in [5.74, 6) is 0.568. The minimum absolute atomic E-state index is 0.0117. The van der Waals surface area contributed by atoms with Crippen LogP contribution in [0.5, 0.6) is 5.75 Å². The topological polar surface area (TPSA) is 63.7 Å². The third-order valence-corrected chi connectivity index (χ3v) is 4.81. The van der Waals surface area contributed by atoms with Crippen molar-refractivity contribution in [3.8, 4) is 5.75 Å². The van der Waals surface area contributed by atoms with Crippen LogP contribution in [0.3, 0.4) is 0 Å². The molecule has 1 atom stereocenters. The standard InChI is InChI=1S/C17H23NO4S/c1-13(12-23(3,20)21)18(15-8-9-15)17(19)10-7-14-5-4-6-16(11-14)22-2/h4-7,10-11,13,15H,8-9,12H2,1-3H3/b10-7+/t13-/m1/s1. The highest BCUT2D eigenvalue weighted by molar-refractivity contribution is 7.90. The lowest BCUT2D eigenvalue weighted by Gasteiger charge is -2.27. The molecule has 0 unspecified atom stereocenters. The zero-order valence-corrected chi connectivity index (χ0v) is 14.5. The molecule has 1 aromatic carbocycles. The summed E-state index contributed by atoms with van der Waals surface area (Å²) in [6, 6.07) is 7.26. The second-order valence-corrected chi connectivity index (χ2v) is 8.21. The minimum atomic E-state index is -3.12. The van der Waals surface area contributed by atoms with E-state index in [4.69, 9.17) is 4.74 Å². The van der Waals surface area contributed by atoms with Crippen LogP contribution in [0.25, 0.3) is 6.08 Å². The molecule has 0 aromatic heterocycles. The van der Waals surface area contributed by atoms with Crippen LogP contribution < -0.4 is 4.74 Å². The molecule has 0 bridgehead atoms. The highest BCUT2D eigenvalue weighted by Gasteiger charge is 2.35. The third kappa shape index (κ3) is 5.39. The van der Waals surface area contributed by atoms with Crippen molar-refractivity contribution >= 4 is 21.8 Å². The van der Waals surface area contributed by atoms with Crippen molar-refractivity contribution in [2.24, 2.45) is 0 Å². The lowest BCUT2D eigenvalue weighted by Crippen LogP contribution is -2.43. The van der Waals surface area contributed by atoms with E-state index in [1.807, 2.05) is 24.3 Å². The molecular formula is C17H23NO4S. The van der Waals surface area contributed by atoms with Crippen LogP contribution in [0.15, 0.2) is 30.3 Å². The van der Waals surface area contributed by atoms with Crippen molar-refractivity contribution in [1.82, 2.24) is 4.90 Å². The minimum Gasteiger partial charge on any atom is -0.497 e. The quantitative estimate of drug-likeness (QED) is 0.715. The Labute approximate surface area is 137 Å². The summed E-state index contributed by atoms with van der Waals surface area (Å²) < 4.78 is 28.1. The number of rotatable bonds is 7. The highest BCUT2D eigenvalue weighted by atomic mass is 32.2. The second-order valence-electron chi connectivity index (χ2n) is 6.03. The summed E-state index contributed by atoms with van der Waals surface area (Å²) >= 11 is 0. The molecular weight excluding hydrogens is 314 g/mol. The average molecular weight is 337 g/mol. The van der Waals surface area contributed by atoms with Crippen molar-refractivity contribution in [3.05, 3.63) is 35.9 Å². The van der Waals surface area contributed by atoms with Crippen LogP contribution in [-0.2, 0) is 14.6 Å². The molecule has 1 aliphatic carbocycles. The molecule has 0 N–H and O–H groups in total. The Morgan fingerprint density at radius 3 is 2.70 bits per heavy atom. The third-order valence-electron chi connectivity index (χ3n) is 3.73. The molecule has 0 aliphatic heterocycles. The predicted molar refractivity (Wildman–Crippen MR) is 91.1 cm³/mol. The lowest BCUT2D eigenvalue weighted by atomic mass is 10.2. The van der Waals surface area contributed by atoms with Crippen molar-refractivity contribution in [3.63, 3.8) is 0 Å². The van der Waals surface area contributed by atoms with E-state index in [0.29, 0.717) is 0 Å². The molecule has 1 fully saturated rings. The van der Waals surface area contributed by atoms with Crippen LogP contribution in [0.2, 0.25) is 0 Å². The Morgan fingerprint density at radius 1 is 1.43 bits per heavy atom. The van der Waals surface area contributed by atoms with Gasteiger partial charge in [-0.3, -0.25) is 4.79 Å². The van der Waals surface area contributed by atoms with E-state index in [9.17, 15) is 13.2 Å². The lowest BCUT2D eigenvalue weighted by molar-refractivity contribution is -0.128. The number of methoxy groups -OCH3 is 1. The number of hydrogen-bond donors (Lipinski definition) is 0. The Kier molecular flexibility index (Phi) is 5.46. The number of benzene rings is 1. The van der Waals surface area contributed by atoms with Gasteiger partial charge in [-0.25, -0.2) is 8.42 Å². The first-order valence-corrected chi connectivity index (χ1v) is 9.68. The van der Waals surface area contributed by atoms with Crippen molar-refractivity contribution in [2.45, 2.75) is 31.8 Å². The molecule has 1 aliphatic rings. The number of nitrogens with zero attached hydrogens (tertiary/aromatic N) is 1. The largest absolute Gasteiger partial charge is 0.497 e. The Morgan fingerprint density at radius 2 is 2.13 bits per heavy atom. The summed E-state index contributed by atoms with van der Waals surface area (Å²) in [7, 11) is -1.53. The van der Waals surface area contributed by atoms with E-state index < -0.39 is 9.84 Å². The average Bonchev–Trinajstić information content (AvgIpc) is 3.28. The van der Waals surface area contributed by atoms with Gasteiger partial charge in [0.25, 0.3) is 0 Å². The van der Waals surface area contributed by atoms with Crippen molar-refractivity contribution in [2.75, 3.05) is 19.1 Å². The van der Waals surface area contributed by atoms with E-state index >= 15 is 0 Å². The van der Waals surface area contributed by atoms with Gasteiger partial charge in [-0.1, -0.05) is 12.1 Å². The maximum atomic E-state index is 12.5. The number of sulfone groups is 1. The molecule has 1 saturated carbocycles. The van der Waals surface area contributed by atoms with Gasteiger partial charge in [0, 0.05) is 24.4 Å². The molecule has 1 amide bonds. The molecule has 0 saturated heterocycles. The number of hydrogen-bond acceptors (Lipinski definition) is 4. The molecule has 0 radical (unpaired) electrons. The van der Waals surface area contributed by atoms with Gasteiger partial charge in [0.2, 0.25) is 5.91 Å².